The summed E-state index contributed by atoms with van der Waals surface area (Å²) >= 11 is 0. The normalized spacial score (nSPS) is 15.7. The van der Waals surface area contributed by atoms with Crippen LogP contribution in [0.1, 0.15) is 23.1 Å². The van der Waals surface area contributed by atoms with Gasteiger partial charge in [0.1, 0.15) is 5.82 Å². The van der Waals surface area contributed by atoms with Crippen molar-refractivity contribution in [1.29, 1.82) is 0 Å². The van der Waals surface area contributed by atoms with Crippen LogP contribution < -0.4 is 4.90 Å². The van der Waals surface area contributed by atoms with Crippen molar-refractivity contribution in [3.05, 3.63) is 65.4 Å². The molecule has 0 spiro atoms. The summed E-state index contributed by atoms with van der Waals surface area (Å²) in [5, 5.41) is 0. The number of alkyl halides is 3. The molecule has 0 unspecified atom stereocenters. The first kappa shape index (κ1) is 19.9. The number of hydrogen-bond acceptors (Lipinski definition) is 3. The number of carbonyl (C=O) groups excluding carboxylic acids is 1. The number of aryl methyl sites for hydroxylation is 1. The van der Waals surface area contributed by atoms with Gasteiger partial charge in [0.2, 0.25) is 5.91 Å². The van der Waals surface area contributed by atoms with E-state index in [2.05, 4.69) is 4.98 Å². The van der Waals surface area contributed by atoms with E-state index in [1.54, 1.807) is 17.1 Å². The Balaban J connectivity index is 1.59. The van der Waals surface area contributed by atoms with E-state index in [0.717, 1.165) is 29.8 Å². The fourth-order valence-corrected chi connectivity index (χ4v) is 3.06. The summed E-state index contributed by atoms with van der Waals surface area (Å²) in [6.07, 6.45) is 0.552. The van der Waals surface area contributed by atoms with E-state index in [9.17, 15) is 18.0 Å². The van der Waals surface area contributed by atoms with E-state index in [4.69, 9.17) is 0 Å². The number of carbonyl (C=O) groups is 1. The lowest BCUT2D eigenvalue weighted by Crippen LogP contribution is -2.34. The minimum absolute atomic E-state index is 0.0668. The quantitative estimate of drug-likeness (QED) is 0.740. The average molecular weight is 389 g/mol. The average Bonchev–Trinajstić information content (AvgIpc) is 2.93. The van der Waals surface area contributed by atoms with E-state index in [1.165, 1.54) is 6.07 Å². The summed E-state index contributed by atoms with van der Waals surface area (Å²) in [6.45, 7) is 4.29. The predicted molar refractivity (Wildman–Crippen MR) is 103 cm³/mol. The van der Waals surface area contributed by atoms with Crippen molar-refractivity contribution < 1.29 is 18.0 Å². The number of benzene rings is 1. The van der Waals surface area contributed by atoms with Gasteiger partial charge in [0.05, 0.1) is 5.56 Å². The molecule has 0 N–H and O–H groups in total. The second-order valence-corrected chi connectivity index (χ2v) is 6.81. The molecule has 1 aromatic carbocycles. The van der Waals surface area contributed by atoms with E-state index >= 15 is 0 Å². The molecule has 1 saturated heterocycles. The van der Waals surface area contributed by atoms with Crippen LogP contribution in [0.4, 0.5) is 19.0 Å². The minimum Gasteiger partial charge on any atom is -0.355 e. The molecule has 0 bridgehead atoms. The van der Waals surface area contributed by atoms with Gasteiger partial charge in [-0.25, -0.2) is 4.98 Å². The van der Waals surface area contributed by atoms with Crippen LogP contribution in [-0.2, 0) is 11.0 Å². The number of pyridine rings is 1. The number of hydrogen-bond donors (Lipinski definition) is 0. The van der Waals surface area contributed by atoms with Crippen LogP contribution in [0.15, 0.2) is 48.7 Å². The molecule has 1 aliphatic rings. The van der Waals surface area contributed by atoms with Crippen molar-refractivity contribution in [2.45, 2.75) is 19.5 Å². The molecule has 1 aromatic heterocycles. The second kappa shape index (κ2) is 8.46. The Kier molecular flexibility index (Phi) is 6.02. The van der Waals surface area contributed by atoms with Gasteiger partial charge in [0.25, 0.3) is 0 Å². The van der Waals surface area contributed by atoms with Gasteiger partial charge in [-0.05, 0) is 37.1 Å². The Morgan fingerprint density at radius 3 is 2.43 bits per heavy atom. The molecule has 2 aromatic rings. The first-order chi connectivity index (χ1) is 13.3. The Labute approximate surface area is 162 Å². The summed E-state index contributed by atoms with van der Waals surface area (Å²) < 4.78 is 38.0. The van der Waals surface area contributed by atoms with Crippen molar-refractivity contribution in [2.24, 2.45) is 0 Å². The fourth-order valence-electron chi connectivity index (χ4n) is 3.06. The van der Waals surface area contributed by atoms with Gasteiger partial charge in [-0.3, -0.25) is 4.79 Å². The van der Waals surface area contributed by atoms with E-state index in [-0.39, 0.29) is 5.91 Å². The third kappa shape index (κ3) is 5.12. The number of rotatable bonds is 3. The molecule has 4 nitrogen and oxygen atoms in total. The van der Waals surface area contributed by atoms with Crippen LogP contribution in [0.25, 0.3) is 6.08 Å². The highest BCUT2D eigenvalue weighted by Crippen LogP contribution is 2.29. The smallest absolute Gasteiger partial charge is 0.355 e. The zero-order valence-electron chi connectivity index (χ0n) is 15.6. The van der Waals surface area contributed by atoms with Crippen molar-refractivity contribution >= 4 is 17.8 Å². The zero-order chi connectivity index (χ0) is 20.1. The third-order valence-electron chi connectivity index (χ3n) is 4.70. The number of anilines is 1. The van der Waals surface area contributed by atoms with Crippen LogP contribution >= 0.6 is 0 Å². The van der Waals surface area contributed by atoms with E-state index < -0.39 is 11.7 Å². The highest BCUT2D eigenvalue weighted by atomic mass is 19.4. The minimum atomic E-state index is -4.39. The predicted octanol–water partition coefficient (Wildman–Crippen LogP) is 4.16. The zero-order valence-corrected chi connectivity index (χ0v) is 15.6. The Morgan fingerprint density at radius 1 is 1.04 bits per heavy atom. The molecule has 0 saturated carbocycles. The highest BCUT2D eigenvalue weighted by Gasteiger charge is 2.31. The summed E-state index contributed by atoms with van der Waals surface area (Å²) in [5.41, 5.74) is 1.36. The summed E-state index contributed by atoms with van der Waals surface area (Å²) in [5.74, 6) is 0.431. The molecule has 0 atom stereocenters. The lowest BCUT2D eigenvalue weighted by molar-refractivity contribution is -0.137. The SMILES string of the molecule is Cc1ccc(/C=C/C(=O)N2CCCN(c3ccc(C(F)(F)F)cn3)CC2)cc1. The summed E-state index contributed by atoms with van der Waals surface area (Å²) in [7, 11) is 0. The summed E-state index contributed by atoms with van der Waals surface area (Å²) in [6, 6.07) is 10.3. The number of nitrogens with zero attached hydrogens (tertiary/aromatic N) is 3. The van der Waals surface area contributed by atoms with Crippen LogP contribution in [-0.4, -0.2) is 42.0 Å². The van der Waals surface area contributed by atoms with Crippen LogP contribution in [0.2, 0.25) is 0 Å². The first-order valence-corrected chi connectivity index (χ1v) is 9.15. The number of amides is 1. The monoisotopic (exact) mass is 389 g/mol. The molecule has 1 fully saturated rings. The Bertz CT molecular complexity index is 829. The highest BCUT2D eigenvalue weighted by molar-refractivity contribution is 5.91. The fraction of sp³-hybridized carbons (Fsp3) is 0.333. The van der Waals surface area contributed by atoms with Crippen molar-refractivity contribution in [1.82, 2.24) is 9.88 Å². The standard InChI is InChI=1S/C21H22F3N3O/c1-16-3-5-17(6-4-16)7-10-20(28)27-12-2-11-26(13-14-27)19-9-8-18(15-25-19)21(22,23)24/h3-10,15H,2,11-14H2,1H3/b10-7+. The van der Waals surface area contributed by atoms with Gasteiger partial charge in [-0.1, -0.05) is 29.8 Å². The Morgan fingerprint density at radius 2 is 1.79 bits per heavy atom. The number of halogens is 3. The van der Waals surface area contributed by atoms with Gasteiger partial charge >= 0.3 is 6.18 Å². The molecule has 7 heteroatoms. The van der Waals surface area contributed by atoms with Gasteiger partial charge in [-0.15, -0.1) is 0 Å². The summed E-state index contributed by atoms with van der Waals surface area (Å²) in [4.78, 5) is 20.1. The topological polar surface area (TPSA) is 36.4 Å². The molecule has 3 rings (SSSR count). The third-order valence-corrected chi connectivity index (χ3v) is 4.70. The number of aromatic nitrogens is 1. The molecule has 0 radical (unpaired) electrons. The second-order valence-electron chi connectivity index (χ2n) is 6.81. The van der Waals surface area contributed by atoms with Crippen molar-refractivity contribution in [3.63, 3.8) is 0 Å². The molecule has 1 aliphatic heterocycles. The Hall–Kier alpha value is -2.83. The van der Waals surface area contributed by atoms with E-state index in [0.29, 0.717) is 32.0 Å². The van der Waals surface area contributed by atoms with Crippen molar-refractivity contribution in [2.75, 3.05) is 31.1 Å². The lowest BCUT2D eigenvalue weighted by atomic mass is 10.1. The maximum absolute atomic E-state index is 12.7. The maximum Gasteiger partial charge on any atom is 0.417 e. The van der Waals surface area contributed by atoms with Gasteiger partial charge in [-0.2, -0.15) is 13.2 Å². The molecular weight excluding hydrogens is 367 g/mol. The molecule has 1 amide bonds. The van der Waals surface area contributed by atoms with Gasteiger partial charge in [0, 0.05) is 38.5 Å². The molecule has 2 heterocycles. The lowest BCUT2D eigenvalue weighted by Gasteiger charge is -2.22. The first-order valence-electron chi connectivity index (χ1n) is 9.15. The van der Waals surface area contributed by atoms with Crippen LogP contribution in [0.3, 0.4) is 0 Å². The molecule has 148 valence electrons. The molecule has 28 heavy (non-hydrogen) atoms. The van der Waals surface area contributed by atoms with Gasteiger partial charge < -0.3 is 9.80 Å². The molecular formula is C21H22F3N3O. The van der Waals surface area contributed by atoms with Gasteiger partial charge in [0.15, 0.2) is 0 Å². The van der Waals surface area contributed by atoms with Crippen molar-refractivity contribution in [3.8, 4) is 0 Å². The van der Waals surface area contributed by atoms with E-state index in [1.807, 2.05) is 36.1 Å². The van der Waals surface area contributed by atoms with Crippen LogP contribution in [0, 0.1) is 6.92 Å². The molecule has 0 aliphatic carbocycles. The van der Waals surface area contributed by atoms with Crippen LogP contribution in [0.5, 0.6) is 0 Å². The largest absolute Gasteiger partial charge is 0.417 e. The maximum atomic E-state index is 12.7.